The summed E-state index contributed by atoms with van der Waals surface area (Å²) in [7, 11) is 1.75. The quantitative estimate of drug-likeness (QED) is 0.601. The zero-order chi connectivity index (χ0) is 16.8. The SMILES string of the molecule is Cn1c(=O)c2c(c3ccccc31)OC(=O)CC2c1cccc(Br)c1. The van der Waals surface area contributed by atoms with Gasteiger partial charge >= 0.3 is 5.97 Å². The van der Waals surface area contributed by atoms with Gasteiger partial charge in [-0.2, -0.15) is 0 Å². The van der Waals surface area contributed by atoms with Crippen molar-refractivity contribution in [3.63, 3.8) is 0 Å². The van der Waals surface area contributed by atoms with E-state index in [2.05, 4.69) is 15.9 Å². The highest BCUT2D eigenvalue weighted by molar-refractivity contribution is 9.10. The van der Waals surface area contributed by atoms with Crippen LogP contribution in [0.1, 0.15) is 23.5 Å². The van der Waals surface area contributed by atoms with Gasteiger partial charge in [-0.15, -0.1) is 0 Å². The third kappa shape index (κ3) is 2.27. The molecule has 120 valence electrons. The van der Waals surface area contributed by atoms with Gasteiger partial charge in [0.05, 0.1) is 17.5 Å². The first-order valence-electron chi connectivity index (χ1n) is 7.64. The standard InChI is InChI=1S/C19H14BrNO3/c1-21-15-8-3-2-7-13(15)18-17(19(21)23)14(10-16(22)24-18)11-5-4-6-12(20)9-11/h2-9,14H,10H2,1H3. The Morgan fingerprint density at radius 3 is 2.71 bits per heavy atom. The van der Waals surface area contributed by atoms with Gasteiger partial charge < -0.3 is 9.30 Å². The minimum Gasteiger partial charge on any atom is -0.425 e. The average molecular weight is 384 g/mol. The minimum atomic E-state index is -0.314. The summed E-state index contributed by atoms with van der Waals surface area (Å²) in [4.78, 5) is 25.2. The Morgan fingerprint density at radius 2 is 1.92 bits per heavy atom. The maximum Gasteiger partial charge on any atom is 0.312 e. The number of nitrogens with zero attached hydrogens (tertiary/aromatic N) is 1. The van der Waals surface area contributed by atoms with Crippen molar-refractivity contribution in [2.24, 2.45) is 7.05 Å². The lowest BCUT2D eigenvalue weighted by molar-refractivity contribution is -0.135. The number of fused-ring (bicyclic) bond motifs is 3. The summed E-state index contributed by atoms with van der Waals surface area (Å²) >= 11 is 3.46. The Labute approximate surface area is 146 Å². The highest BCUT2D eigenvalue weighted by Crippen LogP contribution is 2.40. The van der Waals surface area contributed by atoms with Crippen LogP contribution < -0.4 is 10.3 Å². The van der Waals surface area contributed by atoms with E-state index in [0.717, 1.165) is 20.9 Å². The monoisotopic (exact) mass is 383 g/mol. The molecular weight excluding hydrogens is 370 g/mol. The average Bonchev–Trinajstić information content (AvgIpc) is 2.59. The van der Waals surface area contributed by atoms with E-state index in [-0.39, 0.29) is 23.9 Å². The topological polar surface area (TPSA) is 48.3 Å². The zero-order valence-electron chi connectivity index (χ0n) is 13.0. The molecule has 5 heteroatoms. The lowest BCUT2D eigenvalue weighted by Crippen LogP contribution is -2.31. The molecule has 0 saturated heterocycles. The molecule has 0 radical (unpaired) electrons. The number of rotatable bonds is 1. The molecule has 0 N–H and O–H groups in total. The second kappa shape index (κ2) is 5.60. The van der Waals surface area contributed by atoms with Crippen molar-refractivity contribution in [1.29, 1.82) is 0 Å². The lowest BCUT2D eigenvalue weighted by Gasteiger charge is -2.26. The van der Waals surface area contributed by atoms with E-state index in [1.807, 2.05) is 48.5 Å². The molecule has 0 spiro atoms. The second-order valence-electron chi connectivity index (χ2n) is 5.91. The first-order chi connectivity index (χ1) is 11.6. The van der Waals surface area contributed by atoms with E-state index in [0.29, 0.717) is 11.3 Å². The normalized spacial score (nSPS) is 16.8. The van der Waals surface area contributed by atoms with Crippen LogP contribution >= 0.6 is 15.9 Å². The highest BCUT2D eigenvalue weighted by Gasteiger charge is 2.33. The van der Waals surface area contributed by atoms with Crippen LogP contribution in [0.4, 0.5) is 0 Å². The van der Waals surface area contributed by atoms with Crippen LogP contribution in [0.15, 0.2) is 57.8 Å². The van der Waals surface area contributed by atoms with E-state index in [1.165, 1.54) is 0 Å². The summed E-state index contributed by atoms with van der Waals surface area (Å²) in [6.45, 7) is 0. The van der Waals surface area contributed by atoms with Gasteiger partial charge in [0, 0.05) is 22.8 Å². The summed E-state index contributed by atoms with van der Waals surface area (Å²) in [6, 6.07) is 15.2. The number of aryl methyl sites for hydroxylation is 1. The van der Waals surface area contributed by atoms with E-state index in [4.69, 9.17) is 4.74 Å². The first kappa shape index (κ1) is 15.1. The molecule has 24 heavy (non-hydrogen) atoms. The van der Waals surface area contributed by atoms with Crippen molar-refractivity contribution < 1.29 is 9.53 Å². The number of hydrogen-bond acceptors (Lipinski definition) is 3. The zero-order valence-corrected chi connectivity index (χ0v) is 14.5. The van der Waals surface area contributed by atoms with Gasteiger partial charge in [-0.3, -0.25) is 9.59 Å². The fraction of sp³-hybridized carbons (Fsp3) is 0.158. The number of pyridine rings is 1. The molecule has 0 saturated carbocycles. The molecule has 1 aromatic heterocycles. The number of carbonyl (C=O) groups excluding carboxylic acids is 1. The van der Waals surface area contributed by atoms with Crippen LogP contribution in [0.3, 0.4) is 0 Å². The summed E-state index contributed by atoms with van der Waals surface area (Å²) in [5, 5.41) is 0.780. The van der Waals surface area contributed by atoms with Crippen molar-refractivity contribution in [2.75, 3.05) is 0 Å². The predicted molar refractivity (Wildman–Crippen MR) is 95.4 cm³/mol. The molecule has 2 aromatic carbocycles. The number of benzene rings is 2. The number of hydrogen-bond donors (Lipinski definition) is 0. The van der Waals surface area contributed by atoms with E-state index in [9.17, 15) is 9.59 Å². The molecule has 1 aliphatic rings. The van der Waals surface area contributed by atoms with Gasteiger partial charge in [0.1, 0.15) is 5.75 Å². The van der Waals surface area contributed by atoms with Crippen molar-refractivity contribution in [2.45, 2.75) is 12.3 Å². The lowest BCUT2D eigenvalue weighted by atomic mass is 9.86. The predicted octanol–water partition coefficient (Wildman–Crippen LogP) is 3.74. The van der Waals surface area contributed by atoms with Crippen molar-refractivity contribution in [3.8, 4) is 5.75 Å². The Morgan fingerprint density at radius 1 is 1.12 bits per heavy atom. The van der Waals surface area contributed by atoms with E-state index in [1.54, 1.807) is 11.6 Å². The van der Waals surface area contributed by atoms with Gasteiger partial charge in [-0.25, -0.2) is 0 Å². The van der Waals surface area contributed by atoms with Crippen LogP contribution in [0, 0.1) is 0 Å². The fourth-order valence-electron chi connectivity index (χ4n) is 3.34. The molecule has 0 bridgehead atoms. The van der Waals surface area contributed by atoms with Gasteiger partial charge in [0.25, 0.3) is 5.56 Å². The molecule has 1 aliphatic heterocycles. The Bertz CT molecular complexity index is 1040. The van der Waals surface area contributed by atoms with Crippen LogP contribution in [0.25, 0.3) is 10.9 Å². The number of aromatic nitrogens is 1. The Balaban J connectivity index is 2.07. The maximum absolute atomic E-state index is 13.0. The molecule has 4 rings (SSSR count). The van der Waals surface area contributed by atoms with Crippen molar-refractivity contribution >= 4 is 32.8 Å². The van der Waals surface area contributed by atoms with Gasteiger partial charge in [0.2, 0.25) is 0 Å². The molecule has 4 nitrogen and oxygen atoms in total. The van der Waals surface area contributed by atoms with Gasteiger partial charge in [-0.05, 0) is 29.8 Å². The Hall–Kier alpha value is -2.40. The summed E-state index contributed by atoms with van der Waals surface area (Å²) < 4.78 is 8.04. The molecule has 1 atom stereocenters. The third-order valence-corrected chi connectivity index (χ3v) is 4.97. The summed E-state index contributed by atoms with van der Waals surface area (Å²) in [6.07, 6.45) is 0.164. The van der Waals surface area contributed by atoms with E-state index < -0.39 is 0 Å². The van der Waals surface area contributed by atoms with Crippen LogP contribution in [-0.4, -0.2) is 10.5 Å². The van der Waals surface area contributed by atoms with Gasteiger partial charge in [-0.1, -0.05) is 40.2 Å². The third-order valence-electron chi connectivity index (χ3n) is 4.48. The first-order valence-corrected chi connectivity index (χ1v) is 8.43. The molecule has 1 unspecified atom stereocenters. The van der Waals surface area contributed by atoms with Crippen molar-refractivity contribution in [1.82, 2.24) is 4.57 Å². The molecule has 0 fully saturated rings. The minimum absolute atomic E-state index is 0.124. The summed E-state index contributed by atoms with van der Waals surface area (Å²) in [5.41, 5.74) is 2.11. The second-order valence-corrected chi connectivity index (χ2v) is 6.83. The number of halogens is 1. The number of para-hydroxylation sites is 1. The van der Waals surface area contributed by atoms with Gasteiger partial charge in [0.15, 0.2) is 0 Å². The van der Waals surface area contributed by atoms with E-state index >= 15 is 0 Å². The number of esters is 1. The molecule has 0 aliphatic carbocycles. The number of ether oxygens (including phenoxy) is 1. The highest BCUT2D eigenvalue weighted by atomic mass is 79.9. The largest absolute Gasteiger partial charge is 0.425 e. The Kier molecular flexibility index (Phi) is 3.53. The number of carbonyl (C=O) groups is 1. The molecule has 2 heterocycles. The molecular formula is C19H14BrNO3. The van der Waals surface area contributed by atoms with Crippen LogP contribution in [-0.2, 0) is 11.8 Å². The van der Waals surface area contributed by atoms with Crippen molar-refractivity contribution in [3.05, 3.63) is 74.5 Å². The maximum atomic E-state index is 13.0. The fourth-order valence-corrected chi connectivity index (χ4v) is 3.76. The molecule has 0 amide bonds. The van der Waals surface area contributed by atoms with Crippen LogP contribution in [0.2, 0.25) is 0 Å². The molecule has 3 aromatic rings. The van der Waals surface area contributed by atoms with Crippen LogP contribution in [0.5, 0.6) is 5.75 Å². The smallest absolute Gasteiger partial charge is 0.312 e. The summed E-state index contributed by atoms with van der Waals surface area (Å²) in [5.74, 6) is -0.220.